The van der Waals surface area contributed by atoms with Gasteiger partial charge in [-0.25, -0.2) is 4.79 Å². The summed E-state index contributed by atoms with van der Waals surface area (Å²) in [6, 6.07) is 3.64. The fourth-order valence-electron chi connectivity index (χ4n) is 2.79. The number of anilines is 1. The maximum atomic E-state index is 12.1. The van der Waals surface area contributed by atoms with E-state index >= 15 is 0 Å². The Morgan fingerprint density at radius 2 is 2.17 bits per heavy atom. The highest BCUT2D eigenvalue weighted by atomic mass is 32.1. The van der Waals surface area contributed by atoms with Crippen LogP contribution in [0.15, 0.2) is 22.8 Å². The quantitative estimate of drug-likeness (QED) is 0.837. The van der Waals surface area contributed by atoms with Crippen LogP contribution >= 0.6 is 11.3 Å². The minimum absolute atomic E-state index is 0.0638. The van der Waals surface area contributed by atoms with Crippen molar-refractivity contribution in [3.8, 4) is 0 Å². The van der Waals surface area contributed by atoms with E-state index in [0.717, 1.165) is 23.9 Å². The number of aromatic nitrogens is 2. The molecule has 0 spiro atoms. The lowest BCUT2D eigenvalue weighted by molar-refractivity contribution is 0.207. The van der Waals surface area contributed by atoms with Crippen molar-refractivity contribution in [2.75, 3.05) is 25.0 Å². The van der Waals surface area contributed by atoms with E-state index in [0.29, 0.717) is 17.6 Å². The van der Waals surface area contributed by atoms with Crippen molar-refractivity contribution < 1.29 is 9.21 Å². The highest BCUT2D eigenvalue weighted by Gasteiger charge is 2.26. The Kier molecular flexibility index (Phi) is 5.47. The second-order valence-corrected chi connectivity index (χ2v) is 7.22. The summed E-state index contributed by atoms with van der Waals surface area (Å²) in [6.45, 7) is 6.66. The molecule has 3 heterocycles. The van der Waals surface area contributed by atoms with Gasteiger partial charge in [-0.15, -0.1) is 10.2 Å². The summed E-state index contributed by atoms with van der Waals surface area (Å²) in [6.07, 6.45) is 4.05. The minimum atomic E-state index is -0.266. The van der Waals surface area contributed by atoms with Crippen molar-refractivity contribution in [1.82, 2.24) is 20.4 Å². The largest absolute Gasteiger partial charge is 0.468 e. The minimum Gasteiger partial charge on any atom is -0.468 e. The molecule has 1 aliphatic heterocycles. The molecule has 1 aliphatic rings. The van der Waals surface area contributed by atoms with Crippen LogP contribution in [0.5, 0.6) is 0 Å². The maximum Gasteiger partial charge on any atom is 0.321 e. The van der Waals surface area contributed by atoms with E-state index < -0.39 is 0 Å². The number of carbonyl (C=O) groups is 1. The number of amides is 2. The molecule has 0 saturated carbocycles. The first kappa shape index (κ1) is 16.9. The Balaban J connectivity index is 1.56. The summed E-state index contributed by atoms with van der Waals surface area (Å²) in [5.41, 5.74) is 0. The molecule has 24 heavy (non-hydrogen) atoms. The smallest absolute Gasteiger partial charge is 0.321 e. The molecule has 2 aromatic heterocycles. The maximum absolute atomic E-state index is 12.1. The lowest BCUT2D eigenvalue weighted by atomic mass is 10.2. The fourth-order valence-corrected chi connectivity index (χ4v) is 3.53. The molecule has 0 radical (unpaired) electrons. The van der Waals surface area contributed by atoms with Gasteiger partial charge in [0.25, 0.3) is 0 Å². The van der Waals surface area contributed by atoms with Crippen molar-refractivity contribution in [3.05, 3.63) is 29.2 Å². The molecular weight excluding hydrogens is 326 g/mol. The van der Waals surface area contributed by atoms with Gasteiger partial charge in [0.15, 0.2) is 0 Å². The first-order valence-corrected chi connectivity index (χ1v) is 9.11. The van der Waals surface area contributed by atoms with Crippen molar-refractivity contribution in [3.63, 3.8) is 0 Å². The van der Waals surface area contributed by atoms with Gasteiger partial charge < -0.3 is 9.73 Å². The van der Waals surface area contributed by atoms with Crippen LogP contribution in [0.25, 0.3) is 0 Å². The number of carbonyl (C=O) groups excluding carboxylic acids is 1. The van der Waals surface area contributed by atoms with Gasteiger partial charge in [-0.1, -0.05) is 25.2 Å². The van der Waals surface area contributed by atoms with Gasteiger partial charge in [0.05, 0.1) is 12.3 Å². The summed E-state index contributed by atoms with van der Waals surface area (Å²) in [5.74, 6) is 1.19. The molecule has 0 aliphatic carbocycles. The van der Waals surface area contributed by atoms with Gasteiger partial charge in [-0.05, 0) is 38.1 Å². The molecule has 0 bridgehead atoms. The van der Waals surface area contributed by atoms with Crippen LogP contribution in [0.4, 0.5) is 9.93 Å². The molecule has 1 saturated heterocycles. The van der Waals surface area contributed by atoms with Crippen LogP contribution in [0.2, 0.25) is 0 Å². The number of nitrogens with one attached hydrogen (secondary N) is 2. The number of hydrogen-bond acceptors (Lipinski definition) is 6. The lowest BCUT2D eigenvalue weighted by Gasteiger charge is -2.25. The van der Waals surface area contributed by atoms with E-state index in [1.165, 1.54) is 24.2 Å². The number of rotatable bonds is 6. The Morgan fingerprint density at radius 3 is 2.79 bits per heavy atom. The zero-order valence-corrected chi connectivity index (χ0v) is 14.8. The zero-order chi connectivity index (χ0) is 16.9. The van der Waals surface area contributed by atoms with Crippen molar-refractivity contribution in [1.29, 1.82) is 0 Å². The molecule has 7 nitrogen and oxygen atoms in total. The van der Waals surface area contributed by atoms with Crippen molar-refractivity contribution in [2.24, 2.45) is 0 Å². The molecular formula is C16H23N5O2S. The first-order chi connectivity index (χ1) is 11.6. The molecule has 2 N–H and O–H groups in total. The highest BCUT2D eigenvalue weighted by molar-refractivity contribution is 7.15. The second kappa shape index (κ2) is 7.76. The van der Waals surface area contributed by atoms with E-state index in [4.69, 9.17) is 4.42 Å². The summed E-state index contributed by atoms with van der Waals surface area (Å²) in [7, 11) is 0. The summed E-state index contributed by atoms with van der Waals surface area (Å²) in [5, 5.41) is 15.2. The third-order valence-electron chi connectivity index (χ3n) is 4.06. The Labute approximate surface area is 145 Å². The molecule has 2 aromatic rings. The standard InChI is InChI=1S/C16H23N5O2S/c1-11(2)14-19-20-16(24-14)18-15(22)17-10-12(13-6-5-9-23-13)21-7-3-4-8-21/h5-6,9,11-12H,3-4,7-8,10H2,1-2H3,(H2,17,18,20,22)/t12-/m1/s1. The van der Waals surface area contributed by atoms with Crippen LogP contribution in [0.1, 0.15) is 49.4 Å². The Hall–Kier alpha value is -1.93. The first-order valence-electron chi connectivity index (χ1n) is 8.29. The summed E-state index contributed by atoms with van der Waals surface area (Å²) < 4.78 is 5.55. The highest BCUT2D eigenvalue weighted by Crippen LogP contribution is 2.25. The fraction of sp³-hybridized carbons (Fsp3) is 0.562. The van der Waals surface area contributed by atoms with Gasteiger partial charge in [0.2, 0.25) is 5.13 Å². The van der Waals surface area contributed by atoms with Gasteiger partial charge in [-0.3, -0.25) is 10.2 Å². The average Bonchev–Trinajstić information content (AvgIpc) is 3.30. The van der Waals surface area contributed by atoms with E-state index in [1.54, 1.807) is 6.26 Å². The number of hydrogen-bond donors (Lipinski definition) is 2. The third-order valence-corrected chi connectivity index (χ3v) is 5.20. The van der Waals surface area contributed by atoms with Crippen LogP contribution in [0, 0.1) is 0 Å². The second-order valence-electron chi connectivity index (χ2n) is 6.21. The number of likely N-dealkylation sites (tertiary alicyclic amines) is 1. The predicted octanol–water partition coefficient (Wildman–Crippen LogP) is 3.21. The third kappa shape index (κ3) is 4.12. The van der Waals surface area contributed by atoms with Crippen LogP contribution in [-0.2, 0) is 0 Å². The van der Waals surface area contributed by atoms with Gasteiger partial charge in [-0.2, -0.15) is 0 Å². The van der Waals surface area contributed by atoms with Crippen LogP contribution in [-0.4, -0.2) is 40.8 Å². The Morgan fingerprint density at radius 1 is 1.38 bits per heavy atom. The molecule has 0 aromatic carbocycles. The molecule has 1 atom stereocenters. The molecule has 8 heteroatoms. The topological polar surface area (TPSA) is 83.3 Å². The Bertz CT molecular complexity index is 649. The molecule has 3 rings (SSSR count). The van der Waals surface area contributed by atoms with Crippen molar-refractivity contribution in [2.45, 2.75) is 38.6 Å². The van der Waals surface area contributed by atoms with E-state index in [1.807, 2.05) is 26.0 Å². The lowest BCUT2D eigenvalue weighted by Crippen LogP contribution is -2.38. The predicted molar refractivity (Wildman–Crippen MR) is 93.3 cm³/mol. The monoisotopic (exact) mass is 349 g/mol. The molecule has 130 valence electrons. The summed E-state index contributed by atoms with van der Waals surface area (Å²) >= 11 is 1.40. The van der Waals surface area contributed by atoms with Gasteiger partial charge in [0, 0.05) is 12.5 Å². The van der Waals surface area contributed by atoms with Crippen LogP contribution in [0.3, 0.4) is 0 Å². The average molecular weight is 349 g/mol. The SMILES string of the molecule is CC(C)c1nnc(NC(=O)NC[C@H](c2ccco2)N2CCCC2)s1. The summed E-state index contributed by atoms with van der Waals surface area (Å²) in [4.78, 5) is 14.5. The zero-order valence-electron chi connectivity index (χ0n) is 14.0. The molecule has 2 amide bonds. The normalized spacial score (nSPS) is 16.5. The van der Waals surface area contributed by atoms with E-state index in [-0.39, 0.29) is 12.1 Å². The number of urea groups is 1. The molecule has 1 fully saturated rings. The number of nitrogens with zero attached hydrogens (tertiary/aromatic N) is 3. The number of furan rings is 1. The van der Waals surface area contributed by atoms with Gasteiger partial charge in [0.1, 0.15) is 10.8 Å². The van der Waals surface area contributed by atoms with Gasteiger partial charge >= 0.3 is 6.03 Å². The van der Waals surface area contributed by atoms with E-state index in [2.05, 4.69) is 25.7 Å². The molecule has 0 unspecified atom stereocenters. The van der Waals surface area contributed by atoms with E-state index in [9.17, 15) is 4.79 Å². The van der Waals surface area contributed by atoms with Crippen LogP contribution < -0.4 is 10.6 Å². The van der Waals surface area contributed by atoms with Crippen molar-refractivity contribution >= 4 is 22.5 Å².